The first-order valence-electron chi connectivity index (χ1n) is 5.53. The van der Waals surface area contributed by atoms with Gasteiger partial charge in [0.05, 0.1) is 4.75 Å². The number of carbonyl (C=O) groups excluding carboxylic acids is 1. The Labute approximate surface area is 96.0 Å². The fourth-order valence-electron chi connectivity index (χ4n) is 1.98. The number of amides is 1. The number of hydrogen-bond acceptors (Lipinski definition) is 4. The van der Waals surface area contributed by atoms with Crippen molar-refractivity contribution in [2.24, 2.45) is 5.92 Å². The molecule has 16 heavy (non-hydrogen) atoms. The molecule has 2 aliphatic carbocycles. The summed E-state index contributed by atoms with van der Waals surface area (Å²) in [5.41, 5.74) is -0.668. The summed E-state index contributed by atoms with van der Waals surface area (Å²) in [7, 11) is -1.81. The monoisotopic (exact) mass is 246 g/mol. The fourth-order valence-corrected chi connectivity index (χ4v) is 3.30. The quantitative estimate of drug-likeness (QED) is 0.731. The molecule has 0 radical (unpaired) electrons. The van der Waals surface area contributed by atoms with Gasteiger partial charge in [-0.05, 0) is 39.2 Å². The van der Waals surface area contributed by atoms with E-state index in [1.54, 1.807) is 14.0 Å². The number of sulfonamides is 1. The van der Waals surface area contributed by atoms with Gasteiger partial charge in [-0.25, -0.2) is 8.42 Å². The molecule has 2 aliphatic rings. The van der Waals surface area contributed by atoms with E-state index in [2.05, 4.69) is 10.0 Å². The number of hydrogen-bond donors (Lipinski definition) is 2. The summed E-state index contributed by atoms with van der Waals surface area (Å²) >= 11 is 0. The molecule has 0 bridgehead atoms. The van der Waals surface area contributed by atoms with Gasteiger partial charge >= 0.3 is 0 Å². The van der Waals surface area contributed by atoms with Crippen LogP contribution in [0.1, 0.15) is 33.1 Å². The average molecular weight is 246 g/mol. The molecule has 92 valence electrons. The van der Waals surface area contributed by atoms with Gasteiger partial charge in [0.25, 0.3) is 5.91 Å². The molecule has 0 unspecified atom stereocenters. The van der Waals surface area contributed by atoms with E-state index in [0.717, 1.165) is 0 Å². The van der Waals surface area contributed by atoms with Crippen molar-refractivity contribution >= 4 is 15.9 Å². The Morgan fingerprint density at radius 3 is 2.19 bits per heavy atom. The molecule has 2 saturated carbocycles. The highest BCUT2D eigenvalue weighted by molar-refractivity contribution is 7.91. The van der Waals surface area contributed by atoms with Crippen LogP contribution in [0.25, 0.3) is 0 Å². The van der Waals surface area contributed by atoms with Gasteiger partial charge in [0.1, 0.15) is 5.54 Å². The van der Waals surface area contributed by atoms with Crippen LogP contribution in [0.4, 0.5) is 0 Å². The summed E-state index contributed by atoms with van der Waals surface area (Å²) in [4.78, 5) is 11.9. The van der Waals surface area contributed by atoms with Crippen LogP contribution >= 0.6 is 0 Å². The maximum absolute atomic E-state index is 11.9. The third-order valence-corrected chi connectivity index (χ3v) is 6.15. The topological polar surface area (TPSA) is 75.3 Å². The fraction of sp³-hybridized carbons (Fsp3) is 0.900. The van der Waals surface area contributed by atoms with E-state index in [1.807, 2.05) is 6.92 Å². The third kappa shape index (κ3) is 1.55. The minimum absolute atomic E-state index is 0.194. The largest absolute Gasteiger partial charge is 0.306 e. The number of carbonyl (C=O) groups is 1. The third-order valence-electron chi connectivity index (χ3n) is 3.99. The molecule has 2 N–H and O–H groups in total. The highest BCUT2D eigenvalue weighted by Crippen LogP contribution is 2.45. The maximum Gasteiger partial charge on any atom is 0.254 e. The van der Waals surface area contributed by atoms with E-state index in [4.69, 9.17) is 0 Å². The second kappa shape index (κ2) is 3.20. The summed E-state index contributed by atoms with van der Waals surface area (Å²) < 4.78 is 25.2. The number of rotatable bonds is 4. The molecule has 6 heteroatoms. The van der Waals surface area contributed by atoms with Crippen molar-refractivity contribution in [3.8, 4) is 0 Å². The first-order chi connectivity index (χ1) is 7.27. The van der Waals surface area contributed by atoms with Crippen LogP contribution < -0.4 is 10.0 Å². The van der Waals surface area contributed by atoms with E-state index in [1.165, 1.54) is 0 Å². The first kappa shape index (κ1) is 11.9. The summed E-state index contributed by atoms with van der Waals surface area (Å²) in [6.07, 6.45) is 1.97. The van der Waals surface area contributed by atoms with Crippen molar-refractivity contribution in [3.05, 3.63) is 0 Å². The molecular weight excluding hydrogens is 228 g/mol. The Bertz CT molecular complexity index is 423. The van der Waals surface area contributed by atoms with E-state index >= 15 is 0 Å². The highest BCUT2D eigenvalue weighted by atomic mass is 32.2. The molecule has 0 heterocycles. The van der Waals surface area contributed by atoms with Gasteiger partial charge in [-0.3, -0.25) is 9.52 Å². The lowest BCUT2D eigenvalue weighted by atomic mass is 10.2. The maximum atomic E-state index is 11.9. The van der Waals surface area contributed by atoms with E-state index in [-0.39, 0.29) is 5.92 Å². The van der Waals surface area contributed by atoms with Gasteiger partial charge in [-0.1, -0.05) is 6.92 Å². The molecule has 0 aromatic carbocycles. The highest BCUT2D eigenvalue weighted by Gasteiger charge is 2.59. The van der Waals surface area contributed by atoms with Crippen molar-refractivity contribution in [3.63, 3.8) is 0 Å². The van der Waals surface area contributed by atoms with E-state index in [9.17, 15) is 13.2 Å². The number of nitrogens with one attached hydrogen (secondary N) is 2. The van der Waals surface area contributed by atoms with Crippen LogP contribution in [0.3, 0.4) is 0 Å². The lowest BCUT2D eigenvalue weighted by Crippen LogP contribution is -2.50. The molecule has 2 atom stereocenters. The summed E-state index contributed by atoms with van der Waals surface area (Å²) in [5, 5.41) is 2.92. The smallest absolute Gasteiger partial charge is 0.254 e. The van der Waals surface area contributed by atoms with Gasteiger partial charge in [0.15, 0.2) is 0 Å². The number of likely N-dealkylation sites (N-methyl/N-ethyl adjacent to an activating group) is 1. The normalized spacial score (nSPS) is 35.6. The Morgan fingerprint density at radius 2 is 1.88 bits per heavy atom. The van der Waals surface area contributed by atoms with Crippen molar-refractivity contribution in [2.75, 3.05) is 7.05 Å². The van der Waals surface area contributed by atoms with Gasteiger partial charge < -0.3 is 5.32 Å². The zero-order chi connectivity index (χ0) is 12.2. The van der Waals surface area contributed by atoms with Gasteiger partial charge in [0, 0.05) is 0 Å². The van der Waals surface area contributed by atoms with Crippen molar-refractivity contribution in [1.82, 2.24) is 10.0 Å². The Morgan fingerprint density at radius 1 is 1.38 bits per heavy atom. The van der Waals surface area contributed by atoms with Crippen LogP contribution in [-0.2, 0) is 14.8 Å². The van der Waals surface area contributed by atoms with Crippen molar-refractivity contribution in [1.29, 1.82) is 0 Å². The van der Waals surface area contributed by atoms with E-state index < -0.39 is 26.2 Å². The van der Waals surface area contributed by atoms with Gasteiger partial charge in [0.2, 0.25) is 10.0 Å². The zero-order valence-electron chi connectivity index (χ0n) is 9.83. The van der Waals surface area contributed by atoms with Crippen LogP contribution in [0.5, 0.6) is 0 Å². The molecule has 1 amide bonds. The molecular formula is C10H18N2O3S. The van der Waals surface area contributed by atoms with Crippen molar-refractivity contribution in [2.45, 2.75) is 43.4 Å². The average Bonchev–Trinajstić information content (AvgIpc) is 3.04. The van der Waals surface area contributed by atoms with Crippen LogP contribution in [0.15, 0.2) is 0 Å². The molecule has 0 aliphatic heterocycles. The van der Waals surface area contributed by atoms with Gasteiger partial charge in [-0.2, -0.15) is 0 Å². The predicted octanol–water partition coefficient (Wildman–Crippen LogP) is -0.0171. The van der Waals surface area contributed by atoms with E-state index in [0.29, 0.717) is 19.3 Å². The standard InChI is InChI=1S/C10H18N2O3S/c1-7-6-10(7,11-3)8(13)12-16(14,15)9(2)4-5-9/h7,11H,4-6H2,1-3H3,(H,12,13)/t7-,10-/m1/s1. The Hall–Kier alpha value is -0.620. The molecule has 0 aromatic heterocycles. The molecule has 2 fully saturated rings. The van der Waals surface area contributed by atoms with Crippen LogP contribution in [0, 0.1) is 5.92 Å². The van der Waals surface area contributed by atoms with Gasteiger partial charge in [-0.15, -0.1) is 0 Å². The molecule has 0 aromatic rings. The molecule has 0 spiro atoms. The lowest BCUT2D eigenvalue weighted by Gasteiger charge is -2.18. The van der Waals surface area contributed by atoms with Crippen LogP contribution in [0.2, 0.25) is 0 Å². The predicted molar refractivity (Wildman–Crippen MR) is 60.3 cm³/mol. The SMILES string of the molecule is CN[C@]1(C(=O)NS(=O)(=O)C2(C)CC2)C[C@H]1C. The molecule has 5 nitrogen and oxygen atoms in total. The second-order valence-electron chi connectivity index (χ2n) is 5.21. The Balaban J connectivity index is 2.09. The minimum atomic E-state index is -3.50. The second-order valence-corrected chi connectivity index (χ2v) is 7.41. The summed E-state index contributed by atoms with van der Waals surface area (Å²) in [6.45, 7) is 3.60. The summed E-state index contributed by atoms with van der Waals surface area (Å²) in [6, 6.07) is 0. The Kier molecular flexibility index (Phi) is 2.37. The first-order valence-corrected chi connectivity index (χ1v) is 7.01. The molecule has 0 saturated heterocycles. The minimum Gasteiger partial charge on any atom is -0.306 e. The van der Waals surface area contributed by atoms with Crippen LogP contribution in [-0.4, -0.2) is 31.7 Å². The zero-order valence-corrected chi connectivity index (χ0v) is 10.6. The lowest BCUT2D eigenvalue weighted by molar-refractivity contribution is -0.122. The molecule has 2 rings (SSSR count). The van der Waals surface area contributed by atoms with Crippen molar-refractivity contribution < 1.29 is 13.2 Å². The summed E-state index contributed by atoms with van der Waals surface area (Å²) in [5.74, 6) is -0.213.